The van der Waals surface area contributed by atoms with Crippen LogP contribution in [0.15, 0.2) is 18.2 Å². The molecule has 0 saturated heterocycles. The number of hydrogen-bond donors (Lipinski definition) is 1. The van der Waals surface area contributed by atoms with Crippen molar-refractivity contribution in [2.24, 2.45) is 5.92 Å². The summed E-state index contributed by atoms with van der Waals surface area (Å²) in [5, 5.41) is 10.3. The minimum atomic E-state index is -1.02. The smallest absolute Gasteiger partial charge is 0.421 e. The number of methoxy groups -OCH3 is 1. The van der Waals surface area contributed by atoms with E-state index in [0.717, 1.165) is 17.7 Å². The zero-order valence-electron chi connectivity index (χ0n) is 14.9. The number of amides is 2. The highest BCUT2D eigenvalue weighted by atomic mass is 16.5. The Morgan fingerprint density at radius 2 is 2.00 bits per heavy atom. The number of imide groups is 1. The molecule has 4 rings (SSSR count). The molecule has 0 bridgehead atoms. The number of anilines is 1. The van der Waals surface area contributed by atoms with Gasteiger partial charge in [-0.05, 0) is 44.2 Å². The van der Waals surface area contributed by atoms with Crippen LogP contribution in [-0.4, -0.2) is 34.8 Å². The first-order chi connectivity index (χ1) is 12.3. The lowest BCUT2D eigenvalue weighted by atomic mass is 9.86. The number of fused-ring (bicyclic) bond motifs is 3. The van der Waals surface area contributed by atoms with E-state index in [4.69, 9.17) is 4.74 Å². The first kappa shape index (κ1) is 16.6. The molecule has 7 heteroatoms. The van der Waals surface area contributed by atoms with Crippen molar-refractivity contribution in [2.45, 2.75) is 38.6 Å². The third kappa shape index (κ3) is 2.16. The van der Waals surface area contributed by atoms with Gasteiger partial charge < -0.3 is 14.4 Å². The molecule has 0 radical (unpaired) electrons. The van der Waals surface area contributed by atoms with Crippen LogP contribution in [0.25, 0.3) is 10.9 Å². The molecule has 2 aliphatic rings. The van der Waals surface area contributed by atoms with Crippen molar-refractivity contribution in [3.8, 4) is 0 Å². The number of rotatable bonds is 3. The maximum Gasteiger partial charge on any atom is 0.421 e. The average molecular weight is 356 g/mol. The monoisotopic (exact) mass is 356 g/mol. The molecule has 2 aromatic rings. The second-order valence-electron chi connectivity index (χ2n) is 7.52. The van der Waals surface area contributed by atoms with Crippen LogP contribution in [0.5, 0.6) is 0 Å². The van der Waals surface area contributed by atoms with Crippen LogP contribution in [0.4, 0.5) is 10.5 Å². The summed E-state index contributed by atoms with van der Waals surface area (Å²) in [5.74, 6) is -0.969. The average Bonchev–Trinajstić information content (AvgIpc) is 3.29. The Hall–Kier alpha value is -2.83. The van der Waals surface area contributed by atoms with Crippen LogP contribution in [-0.2, 0) is 21.5 Å². The molecule has 1 N–H and O–H groups in total. The van der Waals surface area contributed by atoms with E-state index in [9.17, 15) is 19.5 Å². The number of carboxylic acid groups (broad SMARTS) is 1. The zero-order valence-corrected chi connectivity index (χ0v) is 14.9. The van der Waals surface area contributed by atoms with E-state index < -0.39 is 17.5 Å². The van der Waals surface area contributed by atoms with Crippen molar-refractivity contribution in [1.82, 2.24) is 4.57 Å². The van der Waals surface area contributed by atoms with E-state index >= 15 is 0 Å². The van der Waals surface area contributed by atoms with Gasteiger partial charge in [0, 0.05) is 11.9 Å². The Balaban J connectivity index is 2.06. The summed E-state index contributed by atoms with van der Waals surface area (Å²) in [6.45, 7) is 4.08. The van der Waals surface area contributed by atoms with Crippen LogP contribution in [0, 0.1) is 5.92 Å². The first-order valence-corrected chi connectivity index (χ1v) is 8.60. The van der Waals surface area contributed by atoms with Crippen molar-refractivity contribution in [3.63, 3.8) is 0 Å². The zero-order chi connectivity index (χ0) is 18.8. The molecule has 2 amide bonds. The van der Waals surface area contributed by atoms with Gasteiger partial charge >= 0.3 is 12.1 Å². The summed E-state index contributed by atoms with van der Waals surface area (Å²) < 4.78 is 6.57. The number of hydrogen-bond acceptors (Lipinski definition) is 4. The van der Waals surface area contributed by atoms with Gasteiger partial charge in [0.2, 0.25) is 5.91 Å². The van der Waals surface area contributed by atoms with Gasteiger partial charge in [-0.1, -0.05) is 12.1 Å². The van der Waals surface area contributed by atoms with Crippen LogP contribution >= 0.6 is 0 Å². The van der Waals surface area contributed by atoms with E-state index in [-0.39, 0.29) is 11.6 Å². The molecule has 1 aromatic heterocycles. The van der Waals surface area contributed by atoms with Gasteiger partial charge in [-0.2, -0.15) is 0 Å². The fraction of sp³-hybridized carbons (Fsp3) is 0.421. The Kier molecular flexibility index (Phi) is 3.41. The molecule has 1 saturated carbocycles. The van der Waals surface area contributed by atoms with Crippen molar-refractivity contribution in [1.29, 1.82) is 0 Å². The molecule has 1 aromatic carbocycles. The summed E-state index contributed by atoms with van der Waals surface area (Å²) in [5.41, 5.74) is 1.03. The maximum absolute atomic E-state index is 12.9. The fourth-order valence-electron chi connectivity index (χ4n) is 3.76. The molecule has 0 atom stereocenters. The van der Waals surface area contributed by atoms with Gasteiger partial charge in [0.15, 0.2) is 0 Å². The highest BCUT2D eigenvalue weighted by Crippen LogP contribution is 2.47. The number of aromatic nitrogens is 1. The van der Waals surface area contributed by atoms with Crippen LogP contribution in [0.1, 0.15) is 42.7 Å². The maximum atomic E-state index is 12.9. The molecule has 0 unspecified atom stereocenters. The van der Waals surface area contributed by atoms with Gasteiger partial charge in [-0.25, -0.2) is 14.5 Å². The minimum absolute atomic E-state index is 0.169. The summed E-state index contributed by atoms with van der Waals surface area (Å²) in [7, 11) is 1.23. The molecule has 1 aliphatic heterocycles. The first-order valence-electron chi connectivity index (χ1n) is 8.60. The van der Waals surface area contributed by atoms with Gasteiger partial charge in [0.25, 0.3) is 0 Å². The molecule has 136 valence electrons. The lowest BCUT2D eigenvalue weighted by molar-refractivity contribution is -0.121. The number of benzene rings is 1. The number of aromatic carboxylic acids is 1. The SMILES string of the molecule is COC(=O)N1C(=O)C(C)(C)c2ccc3cc(C(=O)O)n(CC4CC4)c3c21. The van der Waals surface area contributed by atoms with Gasteiger partial charge in [0.1, 0.15) is 5.69 Å². The second kappa shape index (κ2) is 5.33. The van der Waals surface area contributed by atoms with Crippen LogP contribution in [0.3, 0.4) is 0 Å². The third-order valence-electron chi connectivity index (χ3n) is 5.38. The van der Waals surface area contributed by atoms with Crippen molar-refractivity contribution in [3.05, 3.63) is 29.5 Å². The largest absolute Gasteiger partial charge is 0.477 e. The Morgan fingerprint density at radius 3 is 2.58 bits per heavy atom. The Bertz CT molecular complexity index is 968. The molecule has 7 nitrogen and oxygen atoms in total. The molecule has 1 fully saturated rings. The highest BCUT2D eigenvalue weighted by molar-refractivity contribution is 6.25. The second-order valence-corrected chi connectivity index (χ2v) is 7.52. The van der Waals surface area contributed by atoms with Gasteiger partial charge in [-0.3, -0.25) is 4.79 Å². The lowest BCUT2D eigenvalue weighted by Gasteiger charge is -2.18. The summed E-state index contributed by atoms with van der Waals surface area (Å²) in [6, 6.07) is 5.22. The molecular formula is C19H20N2O5. The third-order valence-corrected chi connectivity index (χ3v) is 5.38. The van der Waals surface area contributed by atoms with E-state index in [1.54, 1.807) is 30.5 Å². The van der Waals surface area contributed by atoms with Crippen molar-refractivity contribution in [2.75, 3.05) is 12.0 Å². The van der Waals surface area contributed by atoms with Crippen molar-refractivity contribution >= 4 is 34.6 Å². The quantitative estimate of drug-likeness (QED) is 0.913. The van der Waals surface area contributed by atoms with E-state index in [1.807, 2.05) is 6.07 Å². The molecule has 1 aliphatic carbocycles. The number of carboxylic acids is 1. The van der Waals surface area contributed by atoms with Crippen LogP contribution < -0.4 is 4.90 Å². The summed E-state index contributed by atoms with van der Waals surface area (Å²) >= 11 is 0. The number of ether oxygens (including phenoxy) is 1. The standard InChI is InChI=1S/C19H20N2O5/c1-19(2)12-7-6-11-8-13(16(22)23)20(9-10-4-5-10)14(11)15(12)21(17(19)24)18(25)26-3/h6-8,10H,4-5,9H2,1-3H3,(H,22,23). The summed E-state index contributed by atoms with van der Waals surface area (Å²) in [6.07, 6.45) is 1.35. The lowest BCUT2D eigenvalue weighted by Crippen LogP contribution is -2.40. The van der Waals surface area contributed by atoms with E-state index in [2.05, 4.69) is 0 Å². The Labute approximate surface area is 150 Å². The summed E-state index contributed by atoms with van der Waals surface area (Å²) in [4.78, 5) is 38.1. The normalized spacial score (nSPS) is 18.3. The van der Waals surface area contributed by atoms with Crippen LogP contribution in [0.2, 0.25) is 0 Å². The number of carbonyl (C=O) groups excluding carboxylic acids is 2. The Morgan fingerprint density at radius 1 is 1.31 bits per heavy atom. The topological polar surface area (TPSA) is 88.8 Å². The van der Waals surface area contributed by atoms with Gasteiger partial charge in [-0.15, -0.1) is 0 Å². The predicted molar refractivity (Wildman–Crippen MR) is 94.5 cm³/mol. The number of nitrogens with zero attached hydrogens (tertiary/aromatic N) is 2. The number of carbonyl (C=O) groups is 3. The van der Waals surface area contributed by atoms with E-state index in [0.29, 0.717) is 34.6 Å². The minimum Gasteiger partial charge on any atom is -0.477 e. The van der Waals surface area contributed by atoms with Crippen molar-refractivity contribution < 1.29 is 24.2 Å². The molecule has 26 heavy (non-hydrogen) atoms. The molecular weight excluding hydrogens is 336 g/mol. The molecule has 0 spiro atoms. The highest BCUT2D eigenvalue weighted by Gasteiger charge is 2.49. The van der Waals surface area contributed by atoms with Gasteiger partial charge in [0.05, 0.1) is 23.7 Å². The molecule has 2 heterocycles. The fourth-order valence-corrected chi connectivity index (χ4v) is 3.76. The van der Waals surface area contributed by atoms with E-state index in [1.165, 1.54) is 7.11 Å². The predicted octanol–water partition coefficient (Wildman–Crippen LogP) is 3.14.